The molecule has 20 heavy (non-hydrogen) atoms. The molecule has 0 N–H and O–H groups in total. The Hall–Kier alpha value is -2.00. The number of rotatable bonds is 0. The normalized spacial score (nSPS) is 17.1. The zero-order valence-corrected chi connectivity index (χ0v) is 12.4. The van der Waals surface area contributed by atoms with Crippen LogP contribution in [0.5, 0.6) is 0 Å². The molecule has 0 saturated heterocycles. The third-order valence-electron chi connectivity index (χ3n) is 4.15. The standard InChI is InChI=1S/C20H20/c1-20(2,3)19-14-17-10-5-4-8-15(17)12-13-16-9-6-7-11-18(16)19/h4-11,19H,14H2,1-3H3. The predicted molar refractivity (Wildman–Crippen MR) is 84.8 cm³/mol. The first-order valence-corrected chi connectivity index (χ1v) is 7.24. The molecule has 0 radical (unpaired) electrons. The van der Waals surface area contributed by atoms with E-state index in [-0.39, 0.29) is 5.41 Å². The highest BCUT2D eigenvalue weighted by Gasteiger charge is 2.29. The van der Waals surface area contributed by atoms with Gasteiger partial charge in [-0.1, -0.05) is 69.0 Å². The van der Waals surface area contributed by atoms with Crippen molar-refractivity contribution in [1.29, 1.82) is 0 Å². The average Bonchev–Trinajstić information content (AvgIpc) is 2.40. The molecule has 0 saturated carbocycles. The minimum atomic E-state index is 0.224. The van der Waals surface area contributed by atoms with Crippen LogP contribution in [0.25, 0.3) is 0 Å². The summed E-state index contributed by atoms with van der Waals surface area (Å²) < 4.78 is 0. The summed E-state index contributed by atoms with van der Waals surface area (Å²) in [5, 5.41) is 0. The maximum Gasteiger partial charge on any atom is 0.0284 e. The second kappa shape index (κ2) is 4.84. The van der Waals surface area contributed by atoms with E-state index >= 15 is 0 Å². The monoisotopic (exact) mass is 260 g/mol. The van der Waals surface area contributed by atoms with Gasteiger partial charge in [-0.25, -0.2) is 0 Å². The van der Waals surface area contributed by atoms with Crippen molar-refractivity contribution < 1.29 is 0 Å². The molecule has 3 rings (SSSR count). The Labute approximate surface area is 121 Å². The van der Waals surface area contributed by atoms with Crippen LogP contribution in [0.3, 0.4) is 0 Å². The number of fused-ring (bicyclic) bond motifs is 2. The van der Waals surface area contributed by atoms with Crippen molar-refractivity contribution in [2.45, 2.75) is 33.1 Å². The van der Waals surface area contributed by atoms with E-state index in [1.807, 2.05) is 0 Å². The van der Waals surface area contributed by atoms with Crippen LogP contribution >= 0.6 is 0 Å². The van der Waals surface area contributed by atoms with Gasteiger partial charge in [-0.3, -0.25) is 0 Å². The molecule has 1 aliphatic rings. The summed E-state index contributed by atoms with van der Waals surface area (Å²) in [6.45, 7) is 6.98. The van der Waals surface area contributed by atoms with Crippen molar-refractivity contribution in [3.63, 3.8) is 0 Å². The Bertz CT molecular complexity index is 690. The summed E-state index contributed by atoms with van der Waals surface area (Å²) in [7, 11) is 0. The highest BCUT2D eigenvalue weighted by molar-refractivity contribution is 5.53. The summed E-state index contributed by atoms with van der Waals surface area (Å²) in [5.41, 5.74) is 5.34. The highest BCUT2D eigenvalue weighted by atomic mass is 14.3. The molecule has 1 aliphatic carbocycles. The van der Waals surface area contributed by atoms with Crippen molar-refractivity contribution in [3.05, 3.63) is 70.8 Å². The lowest BCUT2D eigenvalue weighted by molar-refractivity contribution is 0.317. The van der Waals surface area contributed by atoms with Gasteiger partial charge in [0.05, 0.1) is 0 Å². The summed E-state index contributed by atoms with van der Waals surface area (Å²) in [4.78, 5) is 0. The molecule has 0 heteroatoms. The van der Waals surface area contributed by atoms with E-state index in [9.17, 15) is 0 Å². The predicted octanol–water partition coefficient (Wildman–Crippen LogP) is 4.77. The second-order valence-corrected chi connectivity index (χ2v) is 6.62. The Morgan fingerprint density at radius 3 is 2.20 bits per heavy atom. The highest BCUT2D eigenvalue weighted by Crippen LogP contribution is 2.40. The van der Waals surface area contributed by atoms with Crippen LogP contribution in [0.2, 0.25) is 0 Å². The van der Waals surface area contributed by atoms with Gasteiger partial charge in [-0.15, -0.1) is 0 Å². The third-order valence-corrected chi connectivity index (χ3v) is 4.15. The second-order valence-electron chi connectivity index (χ2n) is 6.62. The summed E-state index contributed by atoms with van der Waals surface area (Å²) in [5.74, 6) is 7.21. The Balaban J connectivity index is 2.23. The molecule has 2 aromatic carbocycles. The molecule has 0 aliphatic heterocycles. The van der Waals surface area contributed by atoms with Crippen LogP contribution in [-0.4, -0.2) is 0 Å². The maximum absolute atomic E-state index is 3.37. The molecule has 0 amide bonds. The largest absolute Gasteiger partial charge is 0.0619 e. The van der Waals surface area contributed by atoms with Crippen molar-refractivity contribution >= 4 is 0 Å². The van der Waals surface area contributed by atoms with Crippen molar-refractivity contribution in [1.82, 2.24) is 0 Å². The van der Waals surface area contributed by atoms with Crippen molar-refractivity contribution in [2.24, 2.45) is 5.41 Å². The van der Waals surface area contributed by atoms with Gasteiger partial charge in [0.1, 0.15) is 0 Å². The van der Waals surface area contributed by atoms with E-state index in [0.717, 1.165) is 6.42 Å². The van der Waals surface area contributed by atoms with Gasteiger partial charge in [0.25, 0.3) is 0 Å². The fourth-order valence-corrected chi connectivity index (χ4v) is 2.97. The summed E-state index contributed by atoms with van der Waals surface area (Å²) >= 11 is 0. The summed E-state index contributed by atoms with van der Waals surface area (Å²) in [6, 6.07) is 17.2. The summed E-state index contributed by atoms with van der Waals surface area (Å²) in [6.07, 6.45) is 1.06. The van der Waals surface area contributed by atoms with E-state index in [1.165, 1.54) is 22.3 Å². The lowest BCUT2D eigenvalue weighted by Gasteiger charge is -2.33. The van der Waals surface area contributed by atoms with E-state index in [0.29, 0.717) is 5.92 Å². The van der Waals surface area contributed by atoms with Gasteiger partial charge >= 0.3 is 0 Å². The van der Waals surface area contributed by atoms with Crippen LogP contribution in [0.4, 0.5) is 0 Å². The first-order valence-electron chi connectivity index (χ1n) is 7.24. The van der Waals surface area contributed by atoms with Gasteiger partial charge in [0.2, 0.25) is 0 Å². The quantitative estimate of drug-likeness (QED) is 0.598. The smallest absolute Gasteiger partial charge is 0.0284 e. The maximum atomic E-state index is 3.37. The van der Waals surface area contributed by atoms with Crippen molar-refractivity contribution in [2.75, 3.05) is 0 Å². The zero-order valence-electron chi connectivity index (χ0n) is 12.4. The molecule has 0 spiro atoms. The van der Waals surface area contributed by atoms with Crippen LogP contribution in [0, 0.1) is 17.3 Å². The SMILES string of the molecule is CC(C)(C)C1Cc2ccccc2C#Cc2ccccc21. The fraction of sp³-hybridized carbons (Fsp3) is 0.300. The van der Waals surface area contributed by atoms with Crippen molar-refractivity contribution in [3.8, 4) is 11.8 Å². The minimum Gasteiger partial charge on any atom is -0.0619 e. The Morgan fingerprint density at radius 1 is 0.850 bits per heavy atom. The van der Waals surface area contributed by atoms with Gasteiger partial charge in [0, 0.05) is 11.1 Å². The van der Waals surface area contributed by atoms with Crippen LogP contribution in [0.1, 0.15) is 48.9 Å². The van der Waals surface area contributed by atoms with Crippen LogP contribution < -0.4 is 0 Å². The molecule has 0 fully saturated rings. The first-order chi connectivity index (χ1) is 9.55. The van der Waals surface area contributed by atoms with E-state index < -0.39 is 0 Å². The first kappa shape index (κ1) is 13.0. The topological polar surface area (TPSA) is 0 Å². The van der Waals surface area contributed by atoms with Crippen LogP contribution in [0.15, 0.2) is 48.5 Å². The molecule has 1 atom stereocenters. The number of hydrogen-bond acceptors (Lipinski definition) is 0. The van der Waals surface area contributed by atoms with E-state index in [2.05, 4.69) is 81.1 Å². The number of hydrogen-bond donors (Lipinski definition) is 0. The zero-order chi connectivity index (χ0) is 14.2. The molecule has 100 valence electrons. The van der Waals surface area contributed by atoms with Gasteiger partial charge < -0.3 is 0 Å². The third kappa shape index (κ3) is 2.37. The van der Waals surface area contributed by atoms with E-state index in [4.69, 9.17) is 0 Å². The molecular formula is C20H20. The fourth-order valence-electron chi connectivity index (χ4n) is 2.97. The molecule has 0 aromatic heterocycles. The Kier molecular flexibility index (Phi) is 3.14. The lowest BCUT2D eigenvalue weighted by Crippen LogP contribution is -2.22. The molecule has 2 aromatic rings. The van der Waals surface area contributed by atoms with Gasteiger partial charge in [0.15, 0.2) is 0 Å². The van der Waals surface area contributed by atoms with Gasteiger partial charge in [-0.05, 0) is 41.0 Å². The molecule has 1 unspecified atom stereocenters. The molecule has 0 nitrogen and oxygen atoms in total. The molecular weight excluding hydrogens is 240 g/mol. The van der Waals surface area contributed by atoms with Gasteiger partial charge in [-0.2, -0.15) is 0 Å². The Morgan fingerprint density at radius 2 is 1.45 bits per heavy atom. The lowest BCUT2D eigenvalue weighted by atomic mass is 9.71. The molecule has 0 heterocycles. The minimum absolute atomic E-state index is 0.224. The number of benzene rings is 2. The van der Waals surface area contributed by atoms with E-state index in [1.54, 1.807) is 0 Å². The van der Waals surface area contributed by atoms with Crippen LogP contribution in [-0.2, 0) is 6.42 Å². The molecule has 0 bridgehead atoms. The average molecular weight is 260 g/mol.